The van der Waals surface area contributed by atoms with E-state index in [1.807, 2.05) is 0 Å². The summed E-state index contributed by atoms with van der Waals surface area (Å²) in [6.45, 7) is 3.71. The largest absolute Gasteiger partial charge is 0.382 e. The number of anilines is 1. The van der Waals surface area contributed by atoms with Gasteiger partial charge in [0.1, 0.15) is 4.60 Å². The van der Waals surface area contributed by atoms with Crippen LogP contribution in [0.3, 0.4) is 0 Å². The smallest absolute Gasteiger partial charge is 0.273 e. The Bertz CT molecular complexity index is 433. The van der Waals surface area contributed by atoms with Gasteiger partial charge in [-0.1, -0.05) is 0 Å². The Labute approximate surface area is 114 Å². The Kier molecular flexibility index (Phi) is 4.48. The molecule has 1 saturated heterocycles. The number of nitrogens with two attached hydrogens (primary N) is 1. The third kappa shape index (κ3) is 3.39. The van der Waals surface area contributed by atoms with Gasteiger partial charge < -0.3 is 16.0 Å². The maximum absolute atomic E-state index is 11.9. The summed E-state index contributed by atoms with van der Waals surface area (Å²) >= 11 is 3.17. The Balaban J connectivity index is 1.85. The SMILES string of the molecule is Nc1ncc(Br)nc1C(=O)NCCN1CCCC1. The molecule has 0 unspecified atom stereocenters. The van der Waals surface area contributed by atoms with Crippen molar-refractivity contribution in [2.24, 2.45) is 0 Å². The highest BCUT2D eigenvalue weighted by molar-refractivity contribution is 9.10. The molecule has 1 aliphatic heterocycles. The van der Waals surface area contributed by atoms with Crippen molar-refractivity contribution in [3.05, 3.63) is 16.5 Å². The first kappa shape index (κ1) is 13.2. The van der Waals surface area contributed by atoms with E-state index in [0.717, 1.165) is 19.6 Å². The number of carbonyl (C=O) groups is 1. The van der Waals surface area contributed by atoms with Gasteiger partial charge >= 0.3 is 0 Å². The molecule has 1 amide bonds. The zero-order valence-electron chi connectivity index (χ0n) is 10.0. The van der Waals surface area contributed by atoms with Crippen LogP contribution in [-0.2, 0) is 0 Å². The molecule has 18 heavy (non-hydrogen) atoms. The van der Waals surface area contributed by atoms with Crippen molar-refractivity contribution in [1.82, 2.24) is 20.2 Å². The molecule has 1 aromatic heterocycles. The quantitative estimate of drug-likeness (QED) is 0.852. The second kappa shape index (κ2) is 6.10. The highest BCUT2D eigenvalue weighted by atomic mass is 79.9. The summed E-state index contributed by atoms with van der Waals surface area (Å²) < 4.78 is 0.501. The van der Waals surface area contributed by atoms with Gasteiger partial charge in [0.05, 0.1) is 6.20 Å². The van der Waals surface area contributed by atoms with Crippen LogP contribution in [0.15, 0.2) is 10.8 Å². The van der Waals surface area contributed by atoms with Gasteiger partial charge in [0.2, 0.25) is 0 Å². The summed E-state index contributed by atoms with van der Waals surface area (Å²) in [5, 5.41) is 2.81. The highest BCUT2D eigenvalue weighted by Crippen LogP contribution is 2.10. The number of hydrogen-bond donors (Lipinski definition) is 2. The van der Waals surface area contributed by atoms with E-state index >= 15 is 0 Å². The van der Waals surface area contributed by atoms with Crippen LogP contribution in [0, 0.1) is 0 Å². The number of rotatable bonds is 4. The fourth-order valence-electron chi connectivity index (χ4n) is 1.96. The van der Waals surface area contributed by atoms with E-state index in [4.69, 9.17) is 5.73 Å². The molecule has 0 saturated carbocycles. The zero-order chi connectivity index (χ0) is 13.0. The van der Waals surface area contributed by atoms with E-state index in [1.165, 1.54) is 19.0 Å². The number of nitrogen functional groups attached to an aromatic ring is 1. The molecule has 2 heterocycles. The number of halogens is 1. The van der Waals surface area contributed by atoms with Crippen LogP contribution >= 0.6 is 15.9 Å². The van der Waals surface area contributed by atoms with Gasteiger partial charge in [-0.2, -0.15) is 0 Å². The summed E-state index contributed by atoms with van der Waals surface area (Å²) in [7, 11) is 0. The molecule has 1 fully saturated rings. The minimum Gasteiger partial charge on any atom is -0.382 e. The molecule has 6 nitrogen and oxygen atoms in total. The van der Waals surface area contributed by atoms with Crippen molar-refractivity contribution < 1.29 is 4.79 Å². The Hall–Kier alpha value is -1.21. The van der Waals surface area contributed by atoms with E-state index in [1.54, 1.807) is 0 Å². The molecule has 2 rings (SSSR count). The van der Waals surface area contributed by atoms with Crippen molar-refractivity contribution in [3.8, 4) is 0 Å². The van der Waals surface area contributed by atoms with Crippen LogP contribution in [0.1, 0.15) is 23.3 Å². The van der Waals surface area contributed by atoms with E-state index in [2.05, 4.69) is 36.1 Å². The molecule has 0 atom stereocenters. The predicted octanol–water partition coefficient (Wildman–Crippen LogP) is 0.647. The van der Waals surface area contributed by atoms with Crippen molar-refractivity contribution in [2.75, 3.05) is 31.9 Å². The molecule has 0 spiro atoms. The van der Waals surface area contributed by atoms with Gasteiger partial charge in [0.15, 0.2) is 11.5 Å². The Morgan fingerprint density at radius 3 is 2.94 bits per heavy atom. The van der Waals surface area contributed by atoms with Gasteiger partial charge in [0.25, 0.3) is 5.91 Å². The first-order chi connectivity index (χ1) is 8.66. The van der Waals surface area contributed by atoms with Crippen LogP contribution in [0.4, 0.5) is 5.82 Å². The molecule has 0 aliphatic carbocycles. The number of aromatic nitrogens is 2. The monoisotopic (exact) mass is 313 g/mol. The van der Waals surface area contributed by atoms with E-state index < -0.39 is 0 Å². The number of likely N-dealkylation sites (tertiary alicyclic amines) is 1. The topological polar surface area (TPSA) is 84.1 Å². The minimum atomic E-state index is -0.277. The first-order valence-corrected chi connectivity index (χ1v) is 6.74. The standard InChI is InChI=1S/C11H16BrN5O/c12-8-7-15-10(13)9(16-8)11(18)14-3-6-17-4-1-2-5-17/h7H,1-6H2,(H2,13,15)(H,14,18). The zero-order valence-corrected chi connectivity index (χ0v) is 11.6. The van der Waals surface area contributed by atoms with Crippen LogP contribution in [-0.4, -0.2) is 47.0 Å². The summed E-state index contributed by atoms with van der Waals surface area (Å²) in [5.74, 6) is -0.127. The Morgan fingerprint density at radius 2 is 2.22 bits per heavy atom. The van der Waals surface area contributed by atoms with Gasteiger partial charge in [-0.15, -0.1) is 0 Å². The van der Waals surface area contributed by atoms with Crippen LogP contribution < -0.4 is 11.1 Å². The Morgan fingerprint density at radius 1 is 1.50 bits per heavy atom. The van der Waals surface area contributed by atoms with E-state index in [0.29, 0.717) is 11.1 Å². The second-order valence-electron chi connectivity index (χ2n) is 4.23. The minimum absolute atomic E-state index is 0.150. The fraction of sp³-hybridized carbons (Fsp3) is 0.545. The molecule has 0 bridgehead atoms. The predicted molar refractivity (Wildman–Crippen MR) is 72.2 cm³/mol. The maximum Gasteiger partial charge on any atom is 0.273 e. The maximum atomic E-state index is 11.9. The van der Waals surface area contributed by atoms with Crippen LogP contribution in [0.5, 0.6) is 0 Å². The molecular formula is C11H16BrN5O. The summed E-state index contributed by atoms with van der Waals surface area (Å²) in [4.78, 5) is 22.1. The van der Waals surface area contributed by atoms with Gasteiger partial charge in [0, 0.05) is 13.1 Å². The average Bonchev–Trinajstić information content (AvgIpc) is 2.85. The van der Waals surface area contributed by atoms with Crippen molar-refractivity contribution >= 4 is 27.7 Å². The van der Waals surface area contributed by atoms with Gasteiger partial charge in [-0.25, -0.2) is 9.97 Å². The van der Waals surface area contributed by atoms with Crippen LogP contribution in [0.2, 0.25) is 0 Å². The number of nitrogens with one attached hydrogen (secondary N) is 1. The molecule has 1 aromatic rings. The normalized spacial score (nSPS) is 15.8. The highest BCUT2D eigenvalue weighted by Gasteiger charge is 2.14. The number of carbonyl (C=O) groups excluding carboxylic acids is 1. The lowest BCUT2D eigenvalue weighted by molar-refractivity contribution is 0.0945. The lowest BCUT2D eigenvalue weighted by atomic mass is 10.3. The molecule has 3 N–H and O–H groups in total. The van der Waals surface area contributed by atoms with E-state index in [9.17, 15) is 4.79 Å². The number of nitrogens with zero attached hydrogens (tertiary/aromatic N) is 3. The van der Waals surface area contributed by atoms with Crippen molar-refractivity contribution in [3.63, 3.8) is 0 Å². The van der Waals surface area contributed by atoms with Crippen LogP contribution in [0.25, 0.3) is 0 Å². The average molecular weight is 314 g/mol. The molecule has 0 aromatic carbocycles. The van der Waals surface area contributed by atoms with Crippen molar-refractivity contribution in [2.45, 2.75) is 12.8 Å². The van der Waals surface area contributed by atoms with E-state index in [-0.39, 0.29) is 17.4 Å². The fourth-order valence-corrected chi connectivity index (χ4v) is 2.24. The second-order valence-corrected chi connectivity index (χ2v) is 5.04. The van der Waals surface area contributed by atoms with Crippen molar-refractivity contribution in [1.29, 1.82) is 0 Å². The molecule has 7 heteroatoms. The number of hydrogen-bond acceptors (Lipinski definition) is 5. The lowest BCUT2D eigenvalue weighted by Gasteiger charge is -2.14. The molecule has 98 valence electrons. The molecule has 0 radical (unpaired) electrons. The molecular weight excluding hydrogens is 298 g/mol. The third-order valence-electron chi connectivity index (χ3n) is 2.90. The van der Waals surface area contributed by atoms with Gasteiger partial charge in [-0.3, -0.25) is 4.79 Å². The van der Waals surface area contributed by atoms with Gasteiger partial charge in [-0.05, 0) is 41.9 Å². The third-order valence-corrected chi connectivity index (χ3v) is 3.28. The first-order valence-electron chi connectivity index (χ1n) is 5.95. The summed E-state index contributed by atoms with van der Waals surface area (Å²) in [6.07, 6.45) is 3.96. The lowest BCUT2D eigenvalue weighted by Crippen LogP contribution is -2.34. The summed E-state index contributed by atoms with van der Waals surface area (Å²) in [5.41, 5.74) is 5.79. The summed E-state index contributed by atoms with van der Waals surface area (Å²) in [6, 6.07) is 0. The number of amides is 1. The molecule has 1 aliphatic rings.